The Morgan fingerprint density at radius 1 is 1.29 bits per heavy atom. The van der Waals surface area contributed by atoms with Crippen LogP contribution in [0, 0.1) is 5.41 Å². The van der Waals surface area contributed by atoms with E-state index < -0.39 is 5.54 Å². The van der Waals surface area contributed by atoms with Gasteiger partial charge >= 0.3 is 12.0 Å². The zero-order chi connectivity index (χ0) is 15.7. The lowest BCUT2D eigenvalue weighted by Gasteiger charge is -2.24. The van der Waals surface area contributed by atoms with Gasteiger partial charge in [0.05, 0.1) is 6.61 Å². The Bertz CT molecular complexity index is 542. The maximum Gasteiger partial charge on any atom is 0.332 e. The first-order valence-corrected chi connectivity index (χ1v) is 7.12. The molecule has 0 radical (unpaired) electrons. The lowest BCUT2D eigenvalue weighted by atomic mass is 10.1. The van der Waals surface area contributed by atoms with Gasteiger partial charge in [-0.15, -0.1) is 0 Å². The second kappa shape index (κ2) is 5.39. The molecule has 1 saturated carbocycles. The Morgan fingerprint density at radius 2 is 1.86 bits per heavy atom. The maximum atomic E-state index is 12.4. The number of esters is 1. The largest absolute Gasteiger partial charge is 0.464 e. The number of hydrogen-bond acceptors (Lipinski definition) is 3. The predicted octanol–water partition coefficient (Wildman–Crippen LogP) is 2.56. The highest BCUT2D eigenvalue weighted by Crippen LogP contribution is 2.56. The van der Waals surface area contributed by atoms with E-state index in [1.165, 1.54) is 4.90 Å². The number of rotatable bonds is 4. The predicted molar refractivity (Wildman–Crippen MR) is 81.1 cm³/mol. The summed E-state index contributed by atoms with van der Waals surface area (Å²) in [6, 6.07) is 8.99. The summed E-state index contributed by atoms with van der Waals surface area (Å²) >= 11 is 0. The monoisotopic (exact) mass is 290 g/mol. The van der Waals surface area contributed by atoms with Gasteiger partial charge in [-0.05, 0) is 25.5 Å². The fourth-order valence-corrected chi connectivity index (χ4v) is 2.52. The molecule has 5 nitrogen and oxygen atoms in total. The molecule has 0 heterocycles. The smallest absolute Gasteiger partial charge is 0.332 e. The van der Waals surface area contributed by atoms with Crippen LogP contribution in [0.25, 0.3) is 0 Å². The zero-order valence-electron chi connectivity index (χ0n) is 13.0. The molecule has 1 aliphatic rings. The van der Waals surface area contributed by atoms with Gasteiger partial charge in [-0.25, -0.2) is 9.59 Å². The first-order valence-electron chi connectivity index (χ1n) is 7.12. The highest BCUT2D eigenvalue weighted by Gasteiger charge is 2.68. The lowest BCUT2D eigenvalue weighted by Crippen LogP contribution is -2.51. The normalized spacial score (nSPS) is 22.3. The van der Waals surface area contributed by atoms with Crippen molar-refractivity contribution < 1.29 is 14.3 Å². The number of hydrogen-bond donors (Lipinski definition) is 1. The quantitative estimate of drug-likeness (QED) is 0.867. The Kier molecular flexibility index (Phi) is 3.94. The molecule has 2 rings (SSSR count). The molecule has 114 valence electrons. The van der Waals surface area contributed by atoms with Crippen LogP contribution in [-0.2, 0) is 9.53 Å². The molecular formula is C16H22N2O3. The number of benzene rings is 1. The summed E-state index contributed by atoms with van der Waals surface area (Å²) in [6.07, 6.45) is 0.590. The fourth-order valence-electron chi connectivity index (χ4n) is 2.52. The second-order valence-corrected chi connectivity index (χ2v) is 6.01. The second-order valence-electron chi connectivity index (χ2n) is 6.01. The summed E-state index contributed by atoms with van der Waals surface area (Å²) in [5.74, 6) is -0.357. The summed E-state index contributed by atoms with van der Waals surface area (Å²) in [7, 11) is 1.68. The van der Waals surface area contributed by atoms with Gasteiger partial charge in [-0.3, -0.25) is 4.90 Å². The van der Waals surface area contributed by atoms with Gasteiger partial charge in [0.15, 0.2) is 0 Å². The number of amides is 2. The molecule has 1 atom stereocenters. The van der Waals surface area contributed by atoms with Gasteiger partial charge in [0.1, 0.15) is 5.54 Å². The summed E-state index contributed by atoms with van der Waals surface area (Å²) in [4.78, 5) is 26.1. The third-order valence-electron chi connectivity index (χ3n) is 4.13. The summed E-state index contributed by atoms with van der Waals surface area (Å²) in [5, 5.41) is 2.85. The van der Waals surface area contributed by atoms with Crippen LogP contribution in [0.5, 0.6) is 0 Å². The zero-order valence-corrected chi connectivity index (χ0v) is 13.0. The van der Waals surface area contributed by atoms with Crippen molar-refractivity contribution in [3.63, 3.8) is 0 Å². The van der Waals surface area contributed by atoms with Gasteiger partial charge in [0, 0.05) is 18.2 Å². The third kappa shape index (κ3) is 2.73. The van der Waals surface area contributed by atoms with Crippen molar-refractivity contribution in [3.05, 3.63) is 30.3 Å². The number of urea groups is 1. The minimum absolute atomic E-state index is 0.285. The minimum Gasteiger partial charge on any atom is -0.464 e. The summed E-state index contributed by atoms with van der Waals surface area (Å²) in [5.41, 5.74) is -0.428. The molecule has 0 spiro atoms. The highest BCUT2D eigenvalue weighted by molar-refractivity contribution is 5.98. The lowest BCUT2D eigenvalue weighted by molar-refractivity contribution is -0.147. The summed E-state index contributed by atoms with van der Waals surface area (Å²) < 4.78 is 5.12. The van der Waals surface area contributed by atoms with Crippen molar-refractivity contribution in [2.45, 2.75) is 32.7 Å². The van der Waals surface area contributed by atoms with Crippen molar-refractivity contribution in [1.82, 2.24) is 5.32 Å². The molecule has 1 aliphatic carbocycles. The van der Waals surface area contributed by atoms with Crippen LogP contribution in [-0.4, -0.2) is 31.2 Å². The van der Waals surface area contributed by atoms with Crippen molar-refractivity contribution in [2.75, 3.05) is 18.6 Å². The van der Waals surface area contributed by atoms with E-state index in [9.17, 15) is 9.59 Å². The van der Waals surface area contributed by atoms with E-state index in [1.54, 1.807) is 14.0 Å². The van der Waals surface area contributed by atoms with E-state index in [0.29, 0.717) is 13.0 Å². The molecule has 5 heteroatoms. The van der Waals surface area contributed by atoms with Crippen molar-refractivity contribution in [3.8, 4) is 0 Å². The van der Waals surface area contributed by atoms with Crippen LogP contribution >= 0.6 is 0 Å². The van der Waals surface area contributed by atoms with Gasteiger partial charge in [-0.1, -0.05) is 32.0 Å². The number of anilines is 1. The van der Waals surface area contributed by atoms with Gasteiger partial charge in [-0.2, -0.15) is 0 Å². The number of para-hydroxylation sites is 1. The van der Waals surface area contributed by atoms with E-state index in [0.717, 1.165) is 5.69 Å². The number of nitrogens with zero attached hydrogens (tertiary/aromatic N) is 1. The molecule has 0 aliphatic heterocycles. The molecule has 0 bridgehead atoms. The minimum atomic E-state index is -0.914. The van der Waals surface area contributed by atoms with Gasteiger partial charge in [0.2, 0.25) is 0 Å². The average molecular weight is 290 g/mol. The molecule has 2 amide bonds. The molecule has 0 aromatic heterocycles. The van der Waals surface area contributed by atoms with E-state index >= 15 is 0 Å². The summed E-state index contributed by atoms with van der Waals surface area (Å²) in [6.45, 7) is 5.97. The molecule has 1 aromatic rings. The van der Waals surface area contributed by atoms with Crippen LogP contribution in [0.1, 0.15) is 27.2 Å². The Labute approximate surface area is 125 Å². The fraction of sp³-hybridized carbons (Fsp3) is 0.500. The van der Waals surface area contributed by atoms with Crippen LogP contribution < -0.4 is 10.2 Å². The number of ether oxygens (including phenoxy) is 1. The number of carbonyl (C=O) groups excluding carboxylic acids is 2. The van der Waals surface area contributed by atoms with Crippen LogP contribution in [0.2, 0.25) is 0 Å². The van der Waals surface area contributed by atoms with Crippen molar-refractivity contribution >= 4 is 17.7 Å². The highest BCUT2D eigenvalue weighted by atomic mass is 16.5. The van der Waals surface area contributed by atoms with E-state index in [1.807, 2.05) is 44.2 Å². The first-order chi connectivity index (χ1) is 9.84. The first kappa shape index (κ1) is 15.4. The van der Waals surface area contributed by atoms with E-state index in [4.69, 9.17) is 4.74 Å². The molecule has 1 aromatic carbocycles. The molecule has 1 fully saturated rings. The van der Waals surface area contributed by atoms with E-state index in [-0.39, 0.29) is 17.4 Å². The van der Waals surface area contributed by atoms with E-state index in [2.05, 4.69) is 5.32 Å². The van der Waals surface area contributed by atoms with Gasteiger partial charge < -0.3 is 10.1 Å². The Balaban J connectivity index is 2.12. The average Bonchev–Trinajstić information content (AvgIpc) is 3.01. The topological polar surface area (TPSA) is 58.6 Å². The van der Waals surface area contributed by atoms with Crippen LogP contribution in [0.3, 0.4) is 0 Å². The molecule has 21 heavy (non-hydrogen) atoms. The third-order valence-corrected chi connectivity index (χ3v) is 4.13. The van der Waals surface area contributed by atoms with Crippen molar-refractivity contribution in [2.24, 2.45) is 5.41 Å². The molecule has 1 N–H and O–H groups in total. The van der Waals surface area contributed by atoms with Crippen LogP contribution in [0.15, 0.2) is 30.3 Å². The van der Waals surface area contributed by atoms with Crippen LogP contribution in [0.4, 0.5) is 10.5 Å². The Morgan fingerprint density at radius 3 is 2.33 bits per heavy atom. The van der Waals surface area contributed by atoms with Crippen molar-refractivity contribution in [1.29, 1.82) is 0 Å². The standard InChI is InChI=1S/C16H22N2O3/c1-5-21-13(19)16(11-15(16,2)3)17-14(20)18(4)12-9-7-6-8-10-12/h6-10H,5,11H2,1-4H3,(H,17,20). The number of carbonyl (C=O) groups is 2. The molecule has 1 unspecified atom stereocenters. The molecular weight excluding hydrogens is 268 g/mol. The van der Waals surface area contributed by atoms with Gasteiger partial charge in [0.25, 0.3) is 0 Å². The number of nitrogens with one attached hydrogen (secondary N) is 1. The maximum absolute atomic E-state index is 12.4. The SMILES string of the molecule is CCOC(=O)C1(NC(=O)N(C)c2ccccc2)CC1(C)C. The Hall–Kier alpha value is -2.04. The molecule has 0 saturated heterocycles.